The number of carbonyl (C=O) groups is 1. The molecule has 1 N–H and O–H groups in total. The maximum Gasteiger partial charge on any atom is 0.271 e. The fraction of sp³-hybridized carbons (Fsp3) is 0.346. The van der Waals surface area contributed by atoms with E-state index in [0.29, 0.717) is 36.2 Å². The Morgan fingerprint density at radius 1 is 1.18 bits per heavy atom. The molecule has 0 bridgehead atoms. The predicted molar refractivity (Wildman–Crippen MR) is 134 cm³/mol. The van der Waals surface area contributed by atoms with Gasteiger partial charge in [0.25, 0.3) is 5.56 Å². The van der Waals surface area contributed by atoms with E-state index in [-0.39, 0.29) is 17.4 Å². The fourth-order valence-corrected chi connectivity index (χ4v) is 4.20. The molecule has 2 aromatic carbocycles. The lowest BCUT2D eigenvalue weighted by molar-refractivity contribution is -0.125. The molecule has 7 nitrogen and oxygen atoms in total. The summed E-state index contributed by atoms with van der Waals surface area (Å²) in [5.41, 5.74) is 1.40. The molecule has 0 radical (unpaired) electrons. The first-order chi connectivity index (χ1) is 16.5. The van der Waals surface area contributed by atoms with E-state index in [1.165, 1.54) is 10.7 Å². The third kappa shape index (κ3) is 5.97. The van der Waals surface area contributed by atoms with Crippen molar-refractivity contribution in [1.29, 1.82) is 0 Å². The summed E-state index contributed by atoms with van der Waals surface area (Å²) >= 11 is 6.09. The van der Waals surface area contributed by atoms with Crippen LogP contribution in [0.2, 0.25) is 5.02 Å². The maximum absolute atomic E-state index is 12.9. The van der Waals surface area contributed by atoms with Crippen LogP contribution in [0.15, 0.2) is 65.5 Å². The molecule has 2 heterocycles. The minimum absolute atomic E-state index is 0.0270. The highest BCUT2D eigenvalue weighted by Crippen LogP contribution is 2.22. The third-order valence-electron chi connectivity index (χ3n) is 5.82. The largest absolute Gasteiger partial charge is 0.494 e. The van der Waals surface area contributed by atoms with Crippen LogP contribution < -0.4 is 20.5 Å². The Labute approximate surface area is 204 Å². The van der Waals surface area contributed by atoms with Gasteiger partial charge in [0, 0.05) is 30.7 Å². The molecule has 0 aliphatic carbocycles. The van der Waals surface area contributed by atoms with Gasteiger partial charge in [-0.3, -0.25) is 9.59 Å². The molecular weight excluding hydrogens is 452 g/mol. The van der Waals surface area contributed by atoms with Crippen molar-refractivity contribution in [2.45, 2.75) is 32.7 Å². The molecule has 0 saturated carbocycles. The summed E-state index contributed by atoms with van der Waals surface area (Å²) in [5.74, 6) is 1.39. The quantitative estimate of drug-likeness (QED) is 0.522. The number of rotatable bonds is 8. The highest BCUT2D eigenvalue weighted by molar-refractivity contribution is 6.30. The standard InChI is InChI=1S/C26H29ClN4O3/c1-2-15-34-23-10-8-19(9-11-23)17-28-26(33)20-5-4-14-30(18-20)24-12-13-25(32)31(29-24)22-7-3-6-21(27)16-22/h3,6-13,16,20H,2,4-5,14-15,17-18H2,1H3,(H,28,33)/t20-/m0/s1. The van der Waals surface area contributed by atoms with Gasteiger partial charge in [0.1, 0.15) is 11.6 Å². The Morgan fingerprint density at radius 3 is 2.76 bits per heavy atom. The summed E-state index contributed by atoms with van der Waals surface area (Å²) in [7, 11) is 0. The smallest absolute Gasteiger partial charge is 0.271 e. The second-order valence-corrected chi connectivity index (χ2v) is 8.85. The van der Waals surface area contributed by atoms with E-state index >= 15 is 0 Å². The number of benzene rings is 2. The Hall–Kier alpha value is -3.32. The molecule has 0 spiro atoms. The molecule has 1 aromatic heterocycles. The Bertz CT molecular complexity index is 1180. The molecule has 1 aliphatic rings. The number of amides is 1. The van der Waals surface area contributed by atoms with Crippen LogP contribution in [0.5, 0.6) is 5.75 Å². The fourth-order valence-electron chi connectivity index (χ4n) is 4.02. The van der Waals surface area contributed by atoms with Crippen molar-refractivity contribution < 1.29 is 9.53 Å². The van der Waals surface area contributed by atoms with Gasteiger partial charge in [0.2, 0.25) is 5.91 Å². The minimum Gasteiger partial charge on any atom is -0.494 e. The SMILES string of the molecule is CCCOc1ccc(CNC(=O)[C@H]2CCCN(c3ccc(=O)n(-c4cccc(Cl)c4)n3)C2)cc1. The van der Waals surface area contributed by atoms with Gasteiger partial charge in [-0.25, -0.2) is 0 Å². The van der Waals surface area contributed by atoms with E-state index < -0.39 is 0 Å². The maximum atomic E-state index is 12.9. The first kappa shape index (κ1) is 23.8. The molecule has 34 heavy (non-hydrogen) atoms. The number of aromatic nitrogens is 2. The van der Waals surface area contributed by atoms with Crippen molar-refractivity contribution in [3.63, 3.8) is 0 Å². The number of piperidine rings is 1. The van der Waals surface area contributed by atoms with Crippen molar-refractivity contribution in [3.05, 3.63) is 81.6 Å². The molecule has 1 amide bonds. The van der Waals surface area contributed by atoms with Crippen LogP contribution >= 0.6 is 11.6 Å². The minimum atomic E-state index is -0.233. The number of hydrogen-bond donors (Lipinski definition) is 1. The number of nitrogens with zero attached hydrogens (tertiary/aromatic N) is 3. The van der Waals surface area contributed by atoms with Gasteiger partial charge in [-0.1, -0.05) is 36.7 Å². The number of halogens is 1. The molecule has 1 atom stereocenters. The Morgan fingerprint density at radius 2 is 2.00 bits per heavy atom. The average Bonchev–Trinajstić information content (AvgIpc) is 2.87. The second kappa shape index (κ2) is 11.2. The molecule has 0 unspecified atom stereocenters. The zero-order valence-corrected chi connectivity index (χ0v) is 20.0. The van der Waals surface area contributed by atoms with E-state index in [4.69, 9.17) is 16.3 Å². The van der Waals surface area contributed by atoms with E-state index in [2.05, 4.69) is 22.2 Å². The number of ether oxygens (including phenoxy) is 1. The third-order valence-corrected chi connectivity index (χ3v) is 6.05. The van der Waals surface area contributed by atoms with Crippen LogP contribution in [0.1, 0.15) is 31.7 Å². The molecule has 8 heteroatoms. The first-order valence-electron chi connectivity index (χ1n) is 11.6. The summed E-state index contributed by atoms with van der Waals surface area (Å²) in [6, 6.07) is 18.1. The highest BCUT2D eigenvalue weighted by Gasteiger charge is 2.26. The number of anilines is 1. The first-order valence-corrected chi connectivity index (χ1v) is 12.0. The Kier molecular flexibility index (Phi) is 7.85. The van der Waals surface area contributed by atoms with Gasteiger partial charge in [0.15, 0.2) is 0 Å². The summed E-state index contributed by atoms with van der Waals surface area (Å²) in [6.45, 7) is 4.57. The van der Waals surface area contributed by atoms with Gasteiger partial charge in [-0.15, -0.1) is 5.10 Å². The number of carbonyl (C=O) groups excluding carboxylic acids is 1. The highest BCUT2D eigenvalue weighted by atomic mass is 35.5. The zero-order chi connectivity index (χ0) is 23.9. The van der Waals surface area contributed by atoms with E-state index in [9.17, 15) is 9.59 Å². The van der Waals surface area contributed by atoms with E-state index in [1.807, 2.05) is 24.3 Å². The van der Waals surface area contributed by atoms with Crippen LogP contribution in [0.25, 0.3) is 5.69 Å². The predicted octanol–water partition coefficient (Wildman–Crippen LogP) is 4.21. The van der Waals surface area contributed by atoms with Gasteiger partial charge < -0.3 is 15.0 Å². The van der Waals surface area contributed by atoms with Crippen LogP contribution in [0.3, 0.4) is 0 Å². The molecule has 1 fully saturated rings. The lowest BCUT2D eigenvalue weighted by Crippen LogP contribution is -2.43. The van der Waals surface area contributed by atoms with Crippen molar-refractivity contribution in [3.8, 4) is 11.4 Å². The monoisotopic (exact) mass is 480 g/mol. The zero-order valence-electron chi connectivity index (χ0n) is 19.2. The molecular formula is C26H29ClN4O3. The van der Waals surface area contributed by atoms with Gasteiger partial charge in [-0.05, 0) is 61.2 Å². The van der Waals surface area contributed by atoms with E-state index in [0.717, 1.165) is 37.1 Å². The molecule has 1 aliphatic heterocycles. The number of nitrogens with one attached hydrogen (secondary N) is 1. The molecule has 3 aromatic rings. The van der Waals surface area contributed by atoms with Crippen LogP contribution in [0, 0.1) is 5.92 Å². The topological polar surface area (TPSA) is 76.5 Å². The molecule has 4 rings (SSSR count). The lowest BCUT2D eigenvalue weighted by Gasteiger charge is -2.33. The van der Waals surface area contributed by atoms with Crippen LogP contribution in [-0.2, 0) is 11.3 Å². The Balaban J connectivity index is 1.39. The van der Waals surface area contributed by atoms with Crippen LogP contribution in [-0.4, -0.2) is 35.4 Å². The normalized spacial score (nSPS) is 15.7. The van der Waals surface area contributed by atoms with Crippen molar-refractivity contribution in [2.75, 3.05) is 24.6 Å². The lowest BCUT2D eigenvalue weighted by atomic mass is 9.97. The van der Waals surface area contributed by atoms with Crippen molar-refractivity contribution in [1.82, 2.24) is 15.1 Å². The molecule has 178 valence electrons. The van der Waals surface area contributed by atoms with Crippen molar-refractivity contribution >= 4 is 23.3 Å². The van der Waals surface area contributed by atoms with E-state index in [1.54, 1.807) is 30.3 Å². The van der Waals surface area contributed by atoms with Crippen LogP contribution in [0.4, 0.5) is 5.82 Å². The average molecular weight is 481 g/mol. The van der Waals surface area contributed by atoms with Gasteiger partial charge in [0.05, 0.1) is 18.2 Å². The van der Waals surface area contributed by atoms with Gasteiger partial charge >= 0.3 is 0 Å². The summed E-state index contributed by atoms with van der Waals surface area (Å²) in [6.07, 6.45) is 2.66. The van der Waals surface area contributed by atoms with Crippen molar-refractivity contribution in [2.24, 2.45) is 5.92 Å². The second-order valence-electron chi connectivity index (χ2n) is 8.42. The summed E-state index contributed by atoms with van der Waals surface area (Å²) in [4.78, 5) is 27.3. The summed E-state index contributed by atoms with van der Waals surface area (Å²) in [5, 5.41) is 8.15. The molecule has 1 saturated heterocycles. The number of hydrogen-bond acceptors (Lipinski definition) is 5. The van der Waals surface area contributed by atoms with Gasteiger partial charge in [-0.2, -0.15) is 4.68 Å². The summed E-state index contributed by atoms with van der Waals surface area (Å²) < 4.78 is 6.95.